The van der Waals surface area contributed by atoms with Crippen molar-refractivity contribution >= 4 is 38.3 Å². The van der Waals surface area contributed by atoms with Crippen molar-refractivity contribution in [2.75, 3.05) is 12.0 Å². The van der Waals surface area contributed by atoms with Gasteiger partial charge in [-0.05, 0) is 29.8 Å². The number of aliphatic hydroxyl groups is 1. The van der Waals surface area contributed by atoms with E-state index in [1.165, 1.54) is 4.90 Å². The molecule has 4 aromatic rings. The highest BCUT2D eigenvalue weighted by atomic mass is 32.2. The summed E-state index contributed by atoms with van der Waals surface area (Å²) in [7, 11) is -2.23. The Hall–Kier alpha value is -4.55. The van der Waals surface area contributed by atoms with Gasteiger partial charge in [-0.3, -0.25) is 5.43 Å². The fourth-order valence-corrected chi connectivity index (χ4v) is 5.59. The highest BCUT2D eigenvalue weighted by Gasteiger charge is 2.30. The quantitative estimate of drug-likeness (QED) is 0.313. The van der Waals surface area contributed by atoms with E-state index in [0.717, 1.165) is 26.3 Å². The van der Waals surface area contributed by atoms with Gasteiger partial charge in [0.05, 0.1) is 30.7 Å². The van der Waals surface area contributed by atoms with Crippen LogP contribution >= 0.6 is 0 Å². The number of nitrogens with zero attached hydrogens (tertiary/aromatic N) is 4. The van der Waals surface area contributed by atoms with E-state index < -0.39 is 21.9 Å². The van der Waals surface area contributed by atoms with Gasteiger partial charge in [-0.15, -0.1) is 4.41 Å². The van der Waals surface area contributed by atoms with Gasteiger partial charge in [0.1, 0.15) is 17.0 Å². The number of hydrazine groups is 1. The van der Waals surface area contributed by atoms with Gasteiger partial charge >= 0.3 is 6.03 Å². The molecule has 0 atom stereocenters. The zero-order chi connectivity index (χ0) is 28.8. The second-order valence-electron chi connectivity index (χ2n) is 10.4. The predicted molar refractivity (Wildman–Crippen MR) is 153 cm³/mol. The third kappa shape index (κ3) is 4.94. The number of nitrogens with one attached hydrogen (secondary N) is 1. The van der Waals surface area contributed by atoms with Gasteiger partial charge in [0, 0.05) is 22.3 Å². The summed E-state index contributed by atoms with van der Waals surface area (Å²) < 4.78 is 32.7. The number of aromatic nitrogens is 2. The lowest BCUT2D eigenvalue weighted by atomic mass is 9.92. The number of amides is 2. The number of primary amides is 1. The Morgan fingerprint density at radius 2 is 1.80 bits per heavy atom. The Kier molecular flexibility index (Phi) is 6.68. The number of fused-ring (bicyclic) bond motifs is 1. The standard InChI is InChI=1S/C28H30N6O5S/c1-28(2,3)24-15-26(33(27(29)36)22-12-13-23(39-4)21-11-6-5-10-20(21)22)34(30-24)19-9-7-8-18(14-19)16-32-31-25(35)17-40(32,37)38/h5-15,17,31,35H,16H2,1-4H3,(H2,29,36). The van der Waals surface area contributed by atoms with Crippen LogP contribution in [0.5, 0.6) is 5.75 Å². The molecule has 1 aliphatic rings. The maximum atomic E-state index is 13.1. The summed E-state index contributed by atoms with van der Waals surface area (Å²) >= 11 is 0. The van der Waals surface area contributed by atoms with Crippen LogP contribution in [0.15, 0.2) is 78.0 Å². The predicted octanol–water partition coefficient (Wildman–Crippen LogP) is 4.56. The molecule has 0 aliphatic carbocycles. The topological polar surface area (TPSA) is 143 Å². The number of hydrogen-bond donors (Lipinski definition) is 3. The van der Waals surface area contributed by atoms with Gasteiger partial charge in [0.25, 0.3) is 10.0 Å². The van der Waals surface area contributed by atoms with Crippen molar-refractivity contribution in [3.05, 3.63) is 89.3 Å². The fraction of sp³-hybridized carbons (Fsp3) is 0.214. The van der Waals surface area contributed by atoms with Crippen LogP contribution in [0.4, 0.5) is 16.3 Å². The van der Waals surface area contributed by atoms with E-state index in [2.05, 4.69) is 5.43 Å². The minimum atomic E-state index is -3.81. The first-order valence-electron chi connectivity index (χ1n) is 12.4. The number of sulfonamides is 1. The molecule has 1 aromatic heterocycles. The van der Waals surface area contributed by atoms with E-state index in [1.807, 2.05) is 51.1 Å². The lowest BCUT2D eigenvalue weighted by Crippen LogP contribution is -2.35. The number of nitrogens with two attached hydrogens (primary N) is 1. The second-order valence-corrected chi connectivity index (χ2v) is 12.1. The first-order valence-corrected chi connectivity index (χ1v) is 13.9. The van der Waals surface area contributed by atoms with Crippen molar-refractivity contribution in [1.29, 1.82) is 0 Å². The van der Waals surface area contributed by atoms with Crippen LogP contribution in [0.25, 0.3) is 16.5 Å². The van der Waals surface area contributed by atoms with E-state index in [9.17, 15) is 18.3 Å². The lowest BCUT2D eigenvalue weighted by Gasteiger charge is -2.24. The summed E-state index contributed by atoms with van der Waals surface area (Å²) in [4.78, 5) is 14.5. The molecule has 2 amide bonds. The largest absolute Gasteiger partial charge is 0.496 e. The molecule has 0 fully saturated rings. The third-order valence-electron chi connectivity index (χ3n) is 6.52. The summed E-state index contributed by atoms with van der Waals surface area (Å²) in [6.45, 7) is 5.99. The summed E-state index contributed by atoms with van der Waals surface area (Å²) in [5, 5.41) is 16.8. The zero-order valence-electron chi connectivity index (χ0n) is 22.5. The monoisotopic (exact) mass is 562 g/mol. The second kappa shape index (κ2) is 9.88. The number of benzene rings is 3. The van der Waals surface area contributed by atoms with E-state index in [4.69, 9.17) is 15.6 Å². The minimum absolute atomic E-state index is 0.0535. The van der Waals surface area contributed by atoms with Crippen molar-refractivity contribution in [2.24, 2.45) is 5.73 Å². The van der Waals surface area contributed by atoms with Gasteiger partial charge in [0.15, 0.2) is 0 Å². The highest BCUT2D eigenvalue weighted by Crippen LogP contribution is 2.39. The fourth-order valence-electron chi connectivity index (χ4n) is 4.57. The number of carbonyl (C=O) groups is 1. The third-order valence-corrected chi connectivity index (χ3v) is 7.87. The van der Waals surface area contributed by atoms with Gasteiger partial charge in [0.2, 0.25) is 5.88 Å². The average Bonchev–Trinajstić information content (AvgIpc) is 3.44. The number of hydrogen-bond acceptors (Lipinski definition) is 7. The first-order chi connectivity index (χ1) is 18.9. The van der Waals surface area contributed by atoms with Crippen LogP contribution in [0.3, 0.4) is 0 Å². The molecule has 12 heteroatoms. The Bertz CT molecular complexity index is 1760. The number of methoxy groups -OCH3 is 1. The number of urea groups is 1. The smallest absolute Gasteiger partial charge is 0.325 e. The molecular formula is C28H30N6O5S. The van der Waals surface area contributed by atoms with E-state index in [-0.39, 0.29) is 12.0 Å². The molecule has 208 valence electrons. The molecule has 0 saturated heterocycles. The highest BCUT2D eigenvalue weighted by molar-refractivity contribution is 7.92. The van der Waals surface area contributed by atoms with Gasteiger partial charge in [-0.1, -0.05) is 57.2 Å². The lowest BCUT2D eigenvalue weighted by molar-refractivity contribution is 0.256. The number of rotatable bonds is 6. The van der Waals surface area contributed by atoms with Gasteiger partial charge < -0.3 is 15.6 Å². The summed E-state index contributed by atoms with van der Waals surface area (Å²) in [6, 6.07) is 19.3. The van der Waals surface area contributed by atoms with E-state index >= 15 is 0 Å². The minimum Gasteiger partial charge on any atom is -0.496 e. The molecular weight excluding hydrogens is 532 g/mol. The normalized spacial score (nSPS) is 15.1. The Morgan fingerprint density at radius 1 is 1.07 bits per heavy atom. The number of aliphatic hydroxyl groups excluding tert-OH is 1. The SMILES string of the molecule is COc1ccc(N(C(N)=O)c2cc(C(C)(C)C)nn2-c2cccc(CN3NC(O)=CS3(=O)=O)c2)c2ccccc12. The molecule has 1 aliphatic heterocycles. The van der Waals surface area contributed by atoms with Crippen molar-refractivity contribution < 1.29 is 23.1 Å². The van der Waals surface area contributed by atoms with Crippen LogP contribution in [0, 0.1) is 0 Å². The van der Waals surface area contributed by atoms with Crippen LogP contribution in [0.1, 0.15) is 32.0 Å². The molecule has 0 unspecified atom stereocenters. The number of ether oxygens (including phenoxy) is 1. The van der Waals surface area contributed by atoms with E-state index in [0.29, 0.717) is 28.5 Å². The summed E-state index contributed by atoms with van der Waals surface area (Å²) in [6.07, 6.45) is 0. The van der Waals surface area contributed by atoms with Crippen molar-refractivity contribution in [2.45, 2.75) is 32.7 Å². The summed E-state index contributed by atoms with van der Waals surface area (Å²) in [5.74, 6) is 0.617. The number of anilines is 2. The average molecular weight is 563 g/mol. The number of carbonyl (C=O) groups excluding carboxylic acids is 1. The first kappa shape index (κ1) is 27.0. The molecule has 0 radical (unpaired) electrons. The maximum absolute atomic E-state index is 13.1. The molecule has 40 heavy (non-hydrogen) atoms. The van der Waals surface area contributed by atoms with Crippen LogP contribution in [-0.2, 0) is 22.0 Å². The maximum Gasteiger partial charge on any atom is 0.325 e. The Labute approximate surface area is 232 Å². The van der Waals surface area contributed by atoms with Gasteiger partial charge in [-0.25, -0.2) is 22.8 Å². The molecule has 5 rings (SSSR count). The zero-order valence-corrected chi connectivity index (χ0v) is 23.3. The molecule has 0 spiro atoms. The van der Waals surface area contributed by atoms with Crippen LogP contribution in [0.2, 0.25) is 0 Å². The van der Waals surface area contributed by atoms with Crippen LogP contribution in [-0.4, -0.2) is 40.9 Å². The molecule has 11 nitrogen and oxygen atoms in total. The van der Waals surface area contributed by atoms with E-state index in [1.54, 1.807) is 48.2 Å². The Balaban J connectivity index is 1.66. The summed E-state index contributed by atoms with van der Waals surface area (Å²) in [5.41, 5.74) is 10.6. The molecule has 4 N–H and O–H groups in total. The van der Waals surface area contributed by atoms with Gasteiger partial charge in [-0.2, -0.15) is 5.10 Å². The molecule has 0 bridgehead atoms. The molecule has 2 heterocycles. The molecule has 3 aromatic carbocycles. The Morgan fingerprint density at radius 3 is 2.42 bits per heavy atom. The van der Waals surface area contributed by atoms with Crippen molar-refractivity contribution in [3.8, 4) is 11.4 Å². The van der Waals surface area contributed by atoms with Crippen molar-refractivity contribution in [3.63, 3.8) is 0 Å². The molecule has 0 saturated carbocycles. The van der Waals surface area contributed by atoms with Crippen LogP contribution < -0.4 is 20.8 Å². The van der Waals surface area contributed by atoms with Crippen molar-refractivity contribution in [1.82, 2.24) is 19.6 Å².